The molecule has 1 amide bonds. The van der Waals surface area contributed by atoms with Crippen molar-refractivity contribution in [2.24, 2.45) is 11.7 Å². The molecule has 0 saturated carbocycles. The van der Waals surface area contributed by atoms with E-state index in [9.17, 15) is 4.79 Å². The monoisotopic (exact) mass is 333 g/mol. The van der Waals surface area contributed by atoms with Gasteiger partial charge >= 0.3 is 6.09 Å². The van der Waals surface area contributed by atoms with Crippen molar-refractivity contribution in [2.45, 2.75) is 71.1 Å². The molecule has 1 saturated heterocycles. The summed E-state index contributed by atoms with van der Waals surface area (Å²) in [4.78, 5) is 18.4. The Morgan fingerprint density at radius 3 is 2.62 bits per heavy atom. The first-order valence-electron chi connectivity index (χ1n) is 8.74. The molecule has 5 heteroatoms. The molecule has 2 N–H and O–H groups in total. The lowest BCUT2D eigenvalue weighted by Crippen LogP contribution is -2.45. The summed E-state index contributed by atoms with van der Waals surface area (Å²) in [5.74, 6) is 0.459. The van der Waals surface area contributed by atoms with E-state index in [1.165, 1.54) is 0 Å². The lowest BCUT2D eigenvalue weighted by Gasteiger charge is -2.33. The number of carbonyl (C=O) groups excluding carboxylic acids is 1. The fourth-order valence-corrected chi connectivity index (χ4v) is 3.41. The Balaban J connectivity index is 1.91. The number of aromatic nitrogens is 1. The van der Waals surface area contributed by atoms with Crippen LogP contribution in [-0.2, 0) is 4.74 Å². The number of hydrogen-bond donors (Lipinski definition) is 1. The highest BCUT2D eigenvalue weighted by Gasteiger charge is 2.42. The third-order valence-electron chi connectivity index (χ3n) is 4.59. The van der Waals surface area contributed by atoms with E-state index >= 15 is 0 Å². The Morgan fingerprint density at radius 2 is 2.04 bits per heavy atom. The van der Waals surface area contributed by atoms with Gasteiger partial charge in [0.2, 0.25) is 0 Å². The Bertz CT molecular complexity index is 551. The number of hydrogen-bond acceptors (Lipinski definition) is 4. The van der Waals surface area contributed by atoms with E-state index in [0.29, 0.717) is 5.92 Å². The largest absolute Gasteiger partial charge is 0.444 e. The fraction of sp³-hybridized carbons (Fsp3) is 0.684. The molecule has 0 aliphatic carbocycles. The molecule has 24 heavy (non-hydrogen) atoms. The maximum Gasteiger partial charge on any atom is 0.410 e. The van der Waals surface area contributed by atoms with E-state index in [-0.39, 0.29) is 17.7 Å². The summed E-state index contributed by atoms with van der Waals surface area (Å²) in [5, 5.41) is 0. The van der Waals surface area contributed by atoms with E-state index in [1.54, 1.807) is 12.4 Å². The molecule has 1 aromatic rings. The number of pyridine rings is 1. The number of nitrogens with zero attached hydrogens (tertiary/aromatic N) is 2. The van der Waals surface area contributed by atoms with E-state index < -0.39 is 5.60 Å². The smallest absolute Gasteiger partial charge is 0.410 e. The van der Waals surface area contributed by atoms with Crippen LogP contribution in [0.5, 0.6) is 0 Å². The van der Waals surface area contributed by atoms with Crippen LogP contribution in [0.4, 0.5) is 4.79 Å². The number of nitrogens with two attached hydrogens (primary N) is 1. The molecule has 1 fully saturated rings. The molecule has 2 atom stereocenters. The van der Waals surface area contributed by atoms with Crippen molar-refractivity contribution in [3.63, 3.8) is 0 Å². The Labute approximate surface area is 145 Å². The fourth-order valence-electron chi connectivity index (χ4n) is 3.41. The minimum absolute atomic E-state index is 0.0201. The van der Waals surface area contributed by atoms with Gasteiger partial charge < -0.3 is 15.4 Å². The summed E-state index contributed by atoms with van der Waals surface area (Å²) < 4.78 is 5.56. The average molecular weight is 333 g/mol. The van der Waals surface area contributed by atoms with E-state index in [0.717, 1.165) is 31.4 Å². The van der Waals surface area contributed by atoms with E-state index in [1.807, 2.05) is 37.8 Å². The van der Waals surface area contributed by atoms with E-state index in [2.05, 4.69) is 18.8 Å². The van der Waals surface area contributed by atoms with Gasteiger partial charge in [0.05, 0.1) is 0 Å². The normalized spacial score (nSPS) is 21.6. The first-order valence-corrected chi connectivity index (χ1v) is 8.74. The predicted molar refractivity (Wildman–Crippen MR) is 95.5 cm³/mol. The third kappa shape index (κ3) is 4.94. The second-order valence-electron chi connectivity index (χ2n) is 8.44. The molecule has 1 aliphatic rings. The minimum Gasteiger partial charge on any atom is -0.444 e. The van der Waals surface area contributed by atoms with Crippen molar-refractivity contribution in [1.82, 2.24) is 9.88 Å². The van der Waals surface area contributed by atoms with Crippen LogP contribution in [0.1, 0.15) is 65.5 Å². The van der Waals surface area contributed by atoms with Crippen LogP contribution in [0.25, 0.3) is 0 Å². The molecule has 1 unspecified atom stereocenters. The van der Waals surface area contributed by atoms with Gasteiger partial charge in [0, 0.05) is 30.5 Å². The number of rotatable bonds is 4. The summed E-state index contributed by atoms with van der Waals surface area (Å²) >= 11 is 0. The summed E-state index contributed by atoms with van der Waals surface area (Å²) in [5.41, 5.74) is 6.77. The second kappa shape index (κ2) is 7.09. The summed E-state index contributed by atoms with van der Waals surface area (Å²) in [7, 11) is 0. The highest BCUT2D eigenvalue weighted by atomic mass is 16.6. The topological polar surface area (TPSA) is 68.5 Å². The van der Waals surface area contributed by atoms with Gasteiger partial charge in [-0.25, -0.2) is 4.79 Å². The second-order valence-corrected chi connectivity index (χ2v) is 8.44. The summed E-state index contributed by atoms with van der Waals surface area (Å²) in [6.45, 7) is 10.7. The van der Waals surface area contributed by atoms with Crippen molar-refractivity contribution >= 4 is 6.09 Å². The molecule has 0 bridgehead atoms. The molecule has 2 rings (SSSR count). The molecule has 0 aromatic carbocycles. The quantitative estimate of drug-likeness (QED) is 0.907. The molecule has 0 spiro atoms. The standard InChI is InChI=1S/C19H31N3O2/c1-18(2,3)24-17(23)22-13-14(12-19(22,4)5)6-7-16(20)15-8-10-21-11-9-15/h8-11,14,16H,6-7,12-13,20H2,1-5H3/t14-,16?/m0/s1. The van der Waals surface area contributed by atoms with E-state index in [4.69, 9.17) is 10.5 Å². The average Bonchev–Trinajstić information content (AvgIpc) is 2.79. The van der Waals surface area contributed by atoms with Gasteiger partial charge in [-0.1, -0.05) is 0 Å². The van der Waals surface area contributed by atoms with Crippen LogP contribution in [0.3, 0.4) is 0 Å². The Morgan fingerprint density at radius 1 is 1.42 bits per heavy atom. The van der Waals surface area contributed by atoms with Crippen molar-refractivity contribution < 1.29 is 9.53 Å². The van der Waals surface area contributed by atoms with Crippen molar-refractivity contribution in [1.29, 1.82) is 0 Å². The number of likely N-dealkylation sites (tertiary alicyclic amines) is 1. The summed E-state index contributed by atoms with van der Waals surface area (Å²) in [6, 6.07) is 3.96. The Hall–Kier alpha value is -1.62. The predicted octanol–water partition coefficient (Wildman–Crippen LogP) is 3.90. The van der Waals surface area contributed by atoms with Gasteiger partial charge in [0.25, 0.3) is 0 Å². The maximum atomic E-state index is 12.5. The van der Waals surface area contributed by atoms with Crippen LogP contribution in [-0.4, -0.2) is 33.7 Å². The van der Waals surface area contributed by atoms with Crippen LogP contribution < -0.4 is 5.73 Å². The number of ether oxygens (including phenoxy) is 1. The highest BCUT2D eigenvalue weighted by molar-refractivity contribution is 5.69. The molecule has 134 valence electrons. The van der Waals surface area contributed by atoms with Crippen molar-refractivity contribution in [3.8, 4) is 0 Å². The summed E-state index contributed by atoms with van der Waals surface area (Å²) in [6.07, 6.45) is 6.23. The first-order chi connectivity index (χ1) is 11.1. The molecule has 2 heterocycles. The van der Waals surface area contributed by atoms with Gasteiger partial charge in [-0.2, -0.15) is 0 Å². The molecular weight excluding hydrogens is 302 g/mol. The van der Waals surface area contributed by atoms with Gasteiger partial charge in [-0.15, -0.1) is 0 Å². The maximum absolute atomic E-state index is 12.5. The van der Waals surface area contributed by atoms with Gasteiger partial charge in [0.1, 0.15) is 5.60 Å². The van der Waals surface area contributed by atoms with Crippen molar-refractivity contribution in [3.05, 3.63) is 30.1 Å². The Kier molecular flexibility index (Phi) is 5.53. The molecule has 1 aromatic heterocycles. The van der Waals surface area contributed by atoms with Gasteiger partial charge in [0.15, 0.2) is 0 Å². The molecule has 0 radical (unpaired) electrons. The highest BCUT2D eigenvalue weighted by Crippen LogP contribution is 2.37. The SMILES string of the molecule is CC(C)(C)OC(=O)N1C[C@@H](CCC(N)c2ccncc2)CC1(C)C. The van der Waals surface area contributed by atoms with Gasteiger partial charge in [-0.3, -0.25) is 4.98 Å². The lowest BCUT2D eigenvalue weighted by molar-refractivity contribution is 0.0131. The lowest BCUT2D eigenvalue weighted by atomic mass is 9.91. The molecule has 1 aliphatic heterocycles. The zero-order chi connectivity index (χ0) is 18.0. The van der Waals surface area contributed by atoms with Crippen molar-refractivity contribution in [2.75, 3.05) is 6.54 Å². The van der Waals surface area contributed by atoms with Gasteiger partial charge in [-0.05, 0) is 77.5 Å². The zero-order valence-corrected chi connectivity index (χ0v) is 15.6. The molecular formula is C19H31N3O2. The third-order valence-corrected chi connectivity index (χ3v) is 4.59. The van der Waals surface area contributed by atoms with Crippen LogP contribution in [0.15, 0.2) is 24.5 Å². The van der Waals surface area contributed by atoms with Crippen LogP contribution >= 0.6 is 0 Å². The zero-order valence-electron chi connectivity index (χ0n) is 15.6. The minimum atomic E-state index is -0.463. The first kappa shape index (κ1) is 18.7. The number of carbonyl (C=O) groups is 1. The number of amides is 1. The van der Waals surface area contributed by atoms with Crippen LogP contribution in [0, 0.1) is 5.92 Å². The molecule has 5 nitrogen and oxygen atoms in total. The van der Waals surface area contributed by atoms with Crippen LogP contribution in [0.2, 0.25) is 0 Å².